The van der Waals surface area contributed by atoms with Gasteiger partial charge in [0.1, 0.15) is 17.4 Å². The second kappa shape index (κ2) is 11.7. The number of alkyl halides is 3. The predicted molar refractivity (Wildman–Crippen MR) is 149 cm³/mol. The van der Waals surface area contributed by atoms with Crippen LogP contribution in [0.5, 0.6) is 0 Å². The monoisotopic (exact) mass is 607 g/mol. The number of halogens is 4. The summed E-state index contributed by atoms with van der Waals surface area (Å²) < 4.78 is 53.8. The molecule has 1 spiro atoms. The quantitative estimate of drug-likeness (QED) is 0.480. The van der Waals surface area contributed by atoms with E-state index in [1.165, 1.54) is 11.9 Å². The average Bonchev–Trinajstić information content (AvgIpc) is 3.19. The fourth-order valence-electron chi connectivity index (χ4n) is 5.56. The van der Waals surface area contributed by atoms with Gasteiger partial charge in [0.25, 0.3) is 5.91 Å². The molecule has 0 aromatic heterocycles. The lowest BCUT2D eigenvalue weighted by molar-refractivity contribution is -0.139. The highest BCUT2D eigenvalue weighted by Crippen LogP contribution is 2.40. The van der Waals surface area contributed by atoms with E-state index in [1.54, 1.807) is 50.1 Å². The van der Waals surface area contributed by atoms with Gasteiger partial charge in [0, 0.05) is 38.6 Å². The van der Waals surface area contributed by atoms with E-state index >= 15 is 0 Å². The number of rotatable bonds is 6. The molecule has 0 unspecified atom stereocenters. The zero-order valence-electron chi connectivity index (χ0n) is 24.1. The number of carboxylic acid groups (broad SMARTS) is 1. The molecule has 2 fully saturated rings. The van der Waals surface area contributed by atoms with Crippen LogP contribution in [0.3, 0.4) is 0 Å². The molecule has 2 aromatic carbocycles. The Balaban J connectivity index is 1.50. The molecule has 4 rings (SSSR count). The molecular formula is C29H33F4N5O5. The van der Waals surface area contributed by atoms with Crippen LogP contribution in [0.15, 0.2) is 42.5 Å². The van der Waals surface area contributed by atoms with Crippen LogP contribution in [0.25, 0.3) is 0 Å². The number of piperidine rings is 1. The number of amides is 4. The van der Waals surface area contributed by atoms with Crippen molar-refractivity contribution in [3.8, 4) is 0 Å². The summed E-state index contributed by atoms with van der Waals surface area (Å²) in [7, 11) is 3.09. The molecule has 2 aliphatic heterocycles. The van der Waals surface area contributed by atoms with Gasteiger partial charge in [0.05, 0.1) is 17.8 Å². The van der Waals surface area contributed by atoms with Crippen LogP contribution >= 0.6 is 0 Å². The molecule has 2 aliphatic rings. The maximum atomic E-state index is 14.3. The van der Waals surface area contributed by atoms with E-state index in [0.29, 0.717) is 29.6 Å². The Morgan fingerprint density at radius 3 is 2.19 bits per heavy atom. The van der Waals surface area contributed by atoms with Crippen LogP contribution in [-0.2, 0) is 15.8 Å². The van der Waals surface area contributed by atoms with Crippen LogP contribution in [0.1, 0.15) is 42.6 Å². The lowest BCUT2D eigenvalue weighted by Crippen LogP contribution is -2.60. The minimum atomic E-state index is -4.78. The SMILES string of the molecule is CC(C)[C@@H](NC(=O)c1cc(C(F)(F)F)ccc1F)C(=O)N1CCC2(CC1)C(=O)N(C)CN2c1ccc(N(C)C(=O)O)cc1. The van der Waals surface area contributed by atoms with Gasteiger partial charge in [-0.1, -0.05) is 13.8 Å². The summed E-state index contributed by atoms with van der Waals surface area (Å²) in [5.74, 6) is -3.37. The van der Waals surface area contributed by atoms with Crippen molar-refractivity contribution in [2.45, 2.75) is 44.4 Å². The minimum absolute atomic E-state index is 0.125. The van der Waals surface area contributed by atoms with Crippen molar-refractivity contribution in [2.75, 3.05) is 43.7 Å². The summed E-state index contributed by atoms with van der Waals surface area (Å²) >= 11 is 0. The zero-order valence-corrected chi connectivity index (χ0v) is 24.1. The molecule has 232 valence electrons. The second-order valence-corrected chi connectivity index (χ2v) is 11.2. The van der Waals surface area contributed by atoms with E-state index in [9.17, 15) is 41.8 Å². The summed E-state index contributed by atoms with van der Waals surface area (Å²) in [4.78, 5) is 57.2. The molecule has 1 atom stereocenters. The molecule has 43 heavy (non-hydrogen) atoms. The summed E-state index contributed by atoms with van der Waals surface area (Å²) in [5, 5.41) is 11.7. The molecule has 0 radical (unpaired) electrons. The van der Waals surface area contributed by atoms with Crippen LogP contribution in [0, 0.1) is 11.7 Å². The van der Waals surface area contributed by atoms with Crippen LogP contribution < -0.4 is 15.1 Å². The van der Waals surface area contributed by atoms with Gasteiger partial charge in [-0.2, -0.15) is 13.2 Å². The zero-order chi connectivity index (χ0) is 31.9. The Hall–Kier alpha value is -4.36. The molecular weight excluding hydrogens is 574 g/mol. The van der Waals surface area contributed by atoms with Crippen LogP contribution in [-0.4, -0.2) is 84.2 Å². The van der Waals surface area contributed by atoms with E-state index in [1.807, 2.05) is 4.90 Å². The lowest BCUT2D eigenvalue weighted by Gasteiger charge is -2.44. The number of likely N-dealkylation sites (tertiary alicyclic amines) is 1. The van der Waals surface area contributed by atoms with Gasteiger partial charge in [-0.25, -0.2) is 9.18 Å². The smallest absolute Gasteiger partial charge is 0.416 e. The Bertz CT molecular complexity index is 1410. The van der Waals surface area contributed by atoms with Gasteiger partial charge in [-0.05, 0) is 61.2 Å². The molecule has 0 aliphatic carbocycles. The topological polar surface area (TPSA) is 113 Å². The molecule has 2 N–H and O–H groups in total. The molecule has 14 heteroatoms. The molecule has 0 bridgehead atoms. The van der Waals surface area contributed by atoms with Crippen LogP contribution in [0.2, 0.25) is 0 Å². The van der Waals surface area contributed by atoms with Crippen molar-refractivity contribution < 1.29 is 41.8 Å². The highest BCUT2D eigenvalue weighted by atomic mass is 19.4. The fraction of sp³-hybridized carbons (Fsp3) is 0.448. The molecule has 4 amide bonds. The third-order valence-corrected chi connectivity index (χ3v) is 8.11. The van der Waals surface area contributed by atoms with Gasteiger partial charge in [0.15, 0.2) is 0 Å². The number of benzene rings is 2. The van der Waals surface area contributed by atoms with Gasteiger partial charge < -0.3 is 25.1 Å². The summed E-state index contributed by atoms with van der Waals surface area (Å²) in [6.45, 7) is 3.91. The maximum Gasteiger partial charge on any atom is 0.416 e. The number of hydrogen-bond donors (Lipinski definition) is 2. The summed E-state index contributed by atoms with van der Waals surface area (Å²) in [6.07, 6.45) is -5.37. The Kier molecular flexibility index (Phi) is 8.61. The fourth-order valence-corrected chi connectivity index (χ4v) is 5.56. The first-order chi connectivity index (χ1) is 20.1. The predicted octanol–water partition coefficient (Wildman–Crippen LogP) is 4.01. The Labute approximate surface area is 245 Å². The molecule has 2 heterocycles. The van der Waals surface area contributed by atoms with Crippen molar-refractivity contribution in [2.24, 2.45) is 5.92 Å². The highest BCUT2D eigenvalue weighted by Gasteiger charge is 2.53. The number of carbonyl (C=O) groups excluding carboxylic acids is 3. The molecule has 2 aromatic rings. The first-order valence-electron chi connectivity index (χ1n) is 13.6. The number of anilines is 2. The standard InChI is InChI=1S/C29H33F4N5O5/c1-17(2)23(34-24(39)21-15-18(29(31,32)33)5-10-22(21)30)25(40)37-13-11-28(12-14-37)26(41)35(3)16-38(28)20-8-6-19(7-9-20)36(4)27(42)43/h5-10,15,17,23H,11-14,16H2,1-4H3,(H,34,39)(H,42,43)/t23-/m1/s1. The summed E-state index contributed by atoms with van der Waals surface area (Å²) in [6, 6.07) is 7.12. The second-order valence-electron chi connectivity index (χ2n) is 11.2. The van der Waals surface area contributed by atoms with E-state index in [2.05, 4.69) is 5.32 Å². The van der Waals surface area contributed by atoms with Gasteiger partial charge in [-0.3, -0.25) is 19.3 Å². The summed E-state index contributed by atoms with van der Waals surface area (Å²) in [5.41, 5.74) is -1.80. The Morgan fingerprint density at radius 2 is 1.65 bits per heavy atom. The first-order valence-corrected chi connectivity index (χ1v) is 13.6. The maximum absolute atomic E-state index is 14.3. The largest absolute Gasteiger partial charge is 0.465 e. The number of nitrogens with zero attached hydrogens (tertiary/aromatic N) is 4. The number of nitrogens with one attached hydrogen (secondary N) is 1. The van der Waals surface area contributed by atoms with E-state index in [4.69, 9.17) is 0 Å². The highest BCUT2D eigenvalue weighted by molar-refractivity contribution is 5.98. The third-order valence-electron chi connectivity index (χ3n) is 8.11. The number of likely N-dealkylation sites (N-methyl/N-ethyl adjacent to an activating group) is 1. The van der Waals surface area contributed by atoms with Gasteiger partial charge in [-0.15, -0.1) is 0 Å². The van der Waals surface area contributed by atoms with Gasteiger partial charge >= 0.3 is 12.3 Å². The van der Waals surface area contributed by atoms with Crippen molar-refractivity contribution in [3.05, 3.63) is 59.4 Å². The van der Waals surface area contributed by atoms with E-state index < -0.39 is 58.5 Å². The average molecular weight is 608 g/mol. The first kappa shape index (κ1) is 31.6. The number of carbonyl (C=O) groups is 4. The molecule has 10 nitrogen and oxygen atoms in total. The molecule has 2 saturated heterocycles. The van der Waals surface area contributed by atoms with Crippen molar-refractivity contribution in [1.82, 2.24) is 15.1 Å². The number of hydrogen-bond acceptors (Lipinski definition) is 5. The van der Waals surface area contributed by atoms with E-state index in [0.717, 1.165) is 4.90 Å². The van der Waals surface area contributed by atoms with Crippen molar-refractivity contribution >= 4 is 35.2 Å². The minimum Gasteiger partial charge on any atom is -0.465 e. The normalized spacial score (nSPS) is 17.4. The molecule has 0 saturated carbocycles. The van der Waals surface area contributed by atoms with Gasteiger partial charge in [0.2, 0.25) is 11.8 Å². The lowest BCUT2D eigenvalue weighted by atomic mass is 9.85. The van der Waals surface area contributed by atoms with Crippen molar-refractivity contribution in [1.29, 1.82) is 0 Å². The Morgan fingerprint density at radius 1 is 1.05 bits per heavy atom. The van der Waals surface area contributed by atoms with E-state index in [-0.39, 0.29) is 38.5 Å². The third kappa shape index (κ3) is 6.09. The van der Waals surface area contributed by atoms with Crippen molar-refractivity contribution in [3.63, 3.8) is 0 Å². The van der Waals surface area contributed by atoms with Crippen LogP contribution in [0.4, 0.5) is 33.7 Å².